The van der Waals surface area contributed by atoms with E-state index in [0.717, 1.165) is 0 Å². The number of nitrogens with zero attached hydrogens (tertiary/aromatic N) is 1. The zero-order chi connectivity index (χ0) is 13.8. The van der Waals surface area contributed by atoms with E-state index in [-0.39, 0.29) is 29.5 Å². The normalized spacial score (nSPS) is 10.2. The molecule has 0 aliphatic rings. The zero-order valence-electron chi connectivity index (χ0n) is 10.4. The van der Waals surface area contributed by atoms with Crippen molar-refractivity contribution in [2.45, 2.75) is 6.54 Å². The monoisotopic (exact) mass is 260 g/mol. The van der Waals surface area contributed by atoms with Gasteiger partial charge in [-0.25, -0.2) is 4.39 Å². The van der Waals surface area contributed by atoms with Gasteiger partial charge in [0.05, 0.1) is 0 Å². The van der Waals surface area contributed by atoms with Gasteiger partial charge in [0.15, 0.2) is 0 Å². The number of carbonyl (C=O) groups excluding carboxylic acids is 1. The van der Waals surface area contributed by atoms with Crippen LogP contribution in [-0.4, -0.2) is 22.8 Å². The highest BCUT2D eigenvalue weighted by Crippen LogP contribution is 2.08. The number of aromatic nitrogens is 1. The standard InChI is InChI=1S/C14H13FN2O2/c1-17(9-10-4-2-5-11(15)8-10)14(19)12-6-3-7-13(18)16-12/h2-8H,9H2,1H3,(H,16,18). The number of H-pyrrole nitrogens is 1. The lowest BCUT2D eigenvalue weighted by molar-refractivity contribution is 0.0779. The second-order valence-corrected chi connectivity index (χ2v) is 4.22. The molecule has 0 unspecified atom stereocenters. The summed E-state index contributed by atoms with van der Waals surface area (Å²) in [5, 5.41) is 0. The molecule has 2 aromatic rings. The van der Waals surface area contributed by atoms with Crippen LogP contribution < -0.4 is 5.56 Å². The van der Waals surface area contributed by atoms with E-state index >= 15 is 0 Å². The molecule has 0 saturated carbocycles. The van der Waals surface area contributed by atoms with Crippen molar-refractivity contribution in [1.82, 2.24) is 9.88 Å². The molecule has 0 fully saturated rings. The number of aromatic amines is 1. The molecule has 1 amide bonds. The Morgan fingerprint density at radius 2 is 2.00 bits per heavy atom. The van der Waals surface area contributed by atoms with Crippen molar-refractivity contribution in [3.8, 4) is 0 Å². The van der Waals surface area contributed by atoms with Gasteiger partial charge >= 0.3 is 0 Å². The van der Waals surface area contributed by atoms with Crippen molar-refractivity contribution in [3.05, 3.63) is 69.9 Å². The fraction of sp³-hybridized carbons (Fsp3) is 0.143. The van der Waals surface area contributed by atoms with Gasteiger partial charge in [-0.05, 0) is 23.8 Å². The first-order valence-corrected chi connectivity index (χ1v) is 5.75. The highest BCUT2D eigenvalue weighted by atomic mass is 19.1. The van der Waals surface area contributed by atoms with Crippen LogP contribution in [-0.2, 0) is 6.54 Å². The van der Waals surface area contributed by atoms with E-state index in [4.69, 9.17) is 0 Å². The number of nitrogens with one attached hydrogen (secondary N) is 1. The molecule has 0 spiro atoms. The Balaban J connectivity index is 2.14. The summed E-state index contributed by atoms with van der Waals surface area (Å²) >= 11 is 0. The second-order valence-electron chi connectivity index (χ2n) is 4.22. The number of carbonyl (C=O) groups is 1. The minimum Gasteiger partial charge on any atom is -0.336 e. The van der Waals surface area contributed by atoms with E-state index in [2.05, 4.69) is 4.98 Å². The van der Waals surface area contributed by atoms with Crippen molar-refractivity contribution in [3.63, 3.8) is 0 Å². The second kappa shape index (κ2) is 5.48. The molecule has 2 rings (SSSR count). The summed E-state index contributed by atoms with van der Waals surface area (Å²) in [7, 11) is 1.60. The average Bonchev–Trinajstić information content (AvgIpc) is 2.38. The van der Waals surface area contributed by atoms with Gasteiger partial charge in [0.25, 0.3) is 5.91 Å². The highest BCUT2D eigenvalue weighted by molar-refractivity contribution is 5.91. The highest BCUT2D eigenvalue weighted by Gasteiger charge is 2.12. The maximum Gasteiger partial charge on any atom is 0.270 e. The van der Waals surface area contributed by atoms with Crippen LogP contribution >= 0.6 is 0 Å². The Hall–Kier alpha value is -2.43. The Morgan fingerprint density at radius 3 is 2.68 bits per heavy atom. The topological polar surface area (TPSA) is 53.2 Å². The van der Waals surface area contributed by atoms with Gasteiger partial charge in [-0.15, -0.1) is 0 Å². The van der Waals surface area contributed by atoms with Gasteiger partial charge in [0, 0.05) is 19.7 Å². The van der Waals surface area contributed by atoms with Gasteiger partial charge in [0.2, 0.25) is 5.56 Å². The summed E-state index contributed by atoms with van der Waals surface area (Å²) < 4.78 is 13.0. The number of halogens is 1. The number of pyridine rings is 1. The molecule has 1 aromatic heterocycles. The molecule has 0 aliphatic heterocycles. The first-order chi connectivity index (χ1) is 9.06. The fourth-order valence-electron chi connectivity index (χ4n) is 1.76. The van der Waals surface area contributed by atoms with Gasteiger partial charge in [-0.2, -0.15) is 0 Å². The molecular formula is C14H13FN2O2. The lowest BCUT2D eigenvalue weighted by atomic mass is 10.2. The Kier molecular flexibility index (Phi) is 3.75. The molecule has 4 nitrogen and oxygen atoms in total. The summed E-state index contributed by atoms with van der Waals surface area (Å²) in [6, 6.07) is 10.4. The molecule has 0 bridgehead atoms. The molecule has 0 atom stereocenters. The van der Waals surface area contributed by atoms with Gasteiger partial charge in [-0.1, -0.05) is 18.2 Å². The predicted octanol–water partition coefficient (Wildman–Crippen LogP) is 1.79. The molecule has 19 heavy (non-hydrogen) atoms. The predicted molar refractivity (Wildman–Crippen MR) is 69.3 cm³/mol. The van der Waals surface area contributed by atoms with Crippen LogP contribution in [0.5, 0.6) is 0 Å². The Morgan fingerprint density at radius 1 is 1.26 bits per heavy atom. The van der Waals surface area contributed by atoms with Crippen LogP contribution in [0.25, 0.3) is 0 Å². The molecular weight excluding hydrogens is 247 g/mol. The molecule has 0 radical (unpaired) electrons. The van der Waals surface area contributed by atoms with Crippen LogP contribution in [0.2, 0.25) is 0 Å². The summed E-state index contributed by atoms with van der Waals surface area (Å²) in [6.07, 6.45) is 0. The maximum atomic E-state index is 13.0. The molecule has 1 aromatic carbocycles. The van der Waals surface area contributed by atoms with E-state index in [1.165, 1.54) is 35.2 Å². The number of benzene rings is 1. The Bertz CT molecular complexity index is 652. The lowest BCUT2D eigenvalue weighted by Gasteiger charge is -2.17. The number of hydrogen-bond acceptors (Lipinski definition) is 2. The first kappa shape index (κ1) is 13.0. The first-order valence-electron chi connectivity index (χ1n) is 5.75. The molecule has 1 N–H and O–H groups in total. The maximum absolute atomic E-state index is 13.0. The van der Waals surface area contributed by atoms with E-state index in [1.807, 2.05) is 0 Å². The average molecular weight is 260 g/mol. The van der Waals surface area contributed by atoms with Crippen molar-refractivity contribution in [2.24, 2.45) is 0 Å². The van der Waals surface area contributed by atoms with Crippen molar-refractivity contribution in [2.75, 3.05) is 7.05 Å². The molecule has 98 valence electrons. The van der Waals surface area contributed by atoms with E-state index in [1.54, 1.807) is 19.2 Å². The van der Waals surface area contributed by atoms with Crippen molar-refractivity contribution >= 4 is 5.91 Å². The molecule has 0 aliphatic carbocycles. The van der Waals surface area contributed by atoms with Crippen LogP contribution in [0.1, 0.15) is 16.1 Å². The largest absolute Gasteiger partial charge is 0.336 e. The van der Waals surface area contributed by atoms with E-state index in [0.29, 0.717) is 5.56 Å². The fourth-order valence-corrected chi connectivity index (χ4v) is 1.76. The van der Waals surface area contributed by atoms with E-state index < -0.39 is 0 Å². The molecule has 1 heterocycles. The van der Waals surface area contributed by atoms with Gasteiger partial charge in [-0.3, -0.25) is 9.59 Å². The molecule has 5 heteroatoms. The minimum atomic E-state index is -0.341. The third-order valence-corrected chi connectivity index (χ3v) is 2.65. The molecule has 0 saturated heterocycles. The van der Waals surface area contributed by atoms with Gasteiger partial charge < -0.3 is 9.88 Å². The van der Waals surface area contributed by atoms with E-state index in [9.17, 15) is 14.0 Å². The zero-order valence-corrected chi connectivity index (χ0v) is 10.4. The lowest BCUT2D eigenvalue weighted by Crippen LogP contribution is -2.28. The SMILES string of the molecule is CN(Cc1cccc(F)c1)C(=O)c1cccc(=O)[nH]1. The summed E-state index contributed by atoms with van der Waals surface area (Å²) in [5.41, 5.74) is 0.575. The van der Waals surface area contributed by atoms with Crippen molar-refractivity contribution in [1.29, 1.82) is 0 Å². The smallest absolute Gasteiger partial charge is 0.270 e. The number of amides is 1. The summed E-state index contributed by atoms with van der Waals surface area (Å²) in [5.74, 6) is -0.659. The quantitative estimate of drug-likeness (QED) is 0.914. The van der Waals surface area contributed by atoms with Crippen LogP contribution in [0.3, 0.4) is 0 Å². The van der Waals surface area contributed by atoms with Crippen LogP contribution in [0.15, 0.2) is 47.3 Å². The van der Waals surface area contributed by atoms with Crippen molar-refractivity contribution < 1.29 is 9.18 Å². The minimum absolute atomic E-state index is 0.214. The third-order valence-electron chi connectivity index (χ3n) is 2.65. The summed E-state index contributed by atoms with van der Waals surface area (Å²) in [6.45, 7) is 0.271. The van der Waals surface area contributed by atoms with Crippen LogP contribution in [0.4, 0.5) is 4.39 Å². The van der Waals surface area contributed by atoms with Gasteiger partial charge in [0.1, 0.15) is 11.5 Å². The third kappa shape index (κ3) is 3.28. The number of hydrogen-bond donors (Lipinski definition) is 1. The van der Waals surface area contributed by atoms with Crippen LogP contribution in [0, 0.1) is 5.82 Å². The Labute approximate surface area is 109 Å². The number of rotatable bonds is 3. The summed E-state index contributed by atoms with van der Waals surface area (Å²) in [4.78, 5) is 27.1.